The van der Waals surface area contributed by atoms with E-state index in [1.54, 1.807) is 12.0 Å². The molecule has 1 aromatic rings. The lowest BCUT2D eigenvalue weighted by molar-refractivity contribution is -0.140. The Morgan fingerprint density at radius 1 is 1.32 bits per heavy atom. The van der Waals surface area contributed by atoms with Gasteiger partial charge in [0.1, 0.15) is 0 Å². The molecule has 0 heterocycles. The summed E-state index contributed by atoms with van der Waals surface area (Å²) in [5.74, 6) is 0.368. The number of benzene rings is 1. The molecule has 0 unspecified atom stereocenters. The van der Waals surface area contributed by atoms with Crippen molar-refractivity contribution in [3.05, 3.63) is 35.9 Å². The summed E-state index contributed by atoms with van der Waals surface area (Å²) in [6.45, 7) is 5.42. The molecule has 0 spiro atoms. The van der Waals surface area contributed by atoms with Crippen molar-refractivity contribution in [3.63, 3.8) is 0 Å². The van der Waals surface area contributed by atoms with E-state index in [0.29, 0.717) is 25.6 Å². The third-order valence-electron chi connectivity index (χ3n) is 2.98. The molecule has 3 nitrogen and oxygen atoms in total. The second-order valence-electron chi connectivity index (χ2n) is 5.22. The van der Waals surface area contributed by atoms with E-state index in [4.69, 9.17) is 16.3 Å². The monoisotopic (exact) mass is 283 g/mol. The molecule has 0 aromatic heterocycles. The van der Waals surface area contributed by atoms with Crippen LogP contribution < -0.4 is 0 Å². The van der Waals surface area contributed by atoms with Crippen molar-refractivity contribution < 1.29 is 9.53 Å². The Hall–Kier alpha value is -1.06. The summed E-state index contributed by atoms with van der Waals surface area (Å²) in [6, 6.07) is 9.94. The number of alkyl halides is 1. The summed E-state index contributed by atoms with van der Waals surface area (Å²) < 4.78 is 5.08. The van der Waals surface area contributed by atoms with Crippen molar-refractivity contribution in [2.45, 2.75) is 20.4 Å². The summed E-state index contributed by atoms with van der Waals surface area (Å²) in [7, 11) is 1.64. The minimum atomic E-state index is -0.552. The maximum Gasteiger partial charge on any atom is 0.229 e. The van der Waals surface area contributed by atoms with Crippen LogP contribution >= 0.6 is 11.6 Å². The van der Waals surface area contributed by atoms with Gasteiger partial charge in [0.25, 0.3) is 0 Å². The lowest BCUT2D eigenvalue weighted by Gasteiger charge is -2.30. The van der Waals surface area contributed by atoms with Crippen LogP contribution in [-0.4, -0.2) is 36.9 Å². The molecule has 0 N–H and O–H groups in total. The van der Waals surface area contributed by atoms with Gasteiger partial charge in [0.15, 0.2) is 0 Å². The van der Waals surface area contributed by atoms with Gasteiger partial charge in [-0.15, -0.1) is 11.6 Å². The van der Waals surface area contributed by atoms with E-state index in [0.717, 1.165) is 5.56 Å². The first kappa shape index (κ1) is 16.0. The van der Waals surface area contributed by atoms with E-state index in [-0.39, 0.29) is 5.91 Å². The predicted molar refractivity (Wildman–Crippen MR) is 78.2 cm³/mol. The highest BCUT2D eigenvalue weighted by molar-refractivity contribution is 6.19. The van der Waals surface area contributed by atoms with E-state index in [1.807, 2.05) is 44.2 Å². The number of hydrogen-bond donors (Lipinski definition) is 0. The second-order valence-corrected chi connectivity index (χ2v) is 5.49. The van der Waals surface area contributed by atoms with Gasteiger partial charge in [0, 0.05) is 26.1 Å². The van der Waals surface area contributed by atoms with Crippen LogP contribution in [0.3, 0.4) is 0 Å². The maximum absolute atomic E-state index is 12.5. The van der Waals surface area contributed by atoms with Crippen LogP contribution in [-0.2, 0) is 16.1 Å². The van der Waals surface area contributed by atoms with Gasteiger partial charge in [-0.3, -0.25) is 4.79 Å². The zero-order chi connectivity index (χ0) is 14.3. The van der Waals surface area contributed by atoms with Gasteiger partial charge in [-0.05, 0) is 19.4 Å². The summed E-state index contributed by atoms with van der Waals surface area (Å²) in [6.07, 6.45) is 0. The van der Waals surface area contributed by atoms with Crippen molar-refractivity contribution in [2.75, 3.05) is 26.1 Å². The van der Waals surface area contributed by atoms with Crippen LogP contribution in [0.15, 0.2) is 30.3 Å². The lowest BCUT2D eigenvalue weighted by Crippen LogP contribution is -2.43. The van der Waals surface area contributed by atoms with Crippen LogP contribution in [0.4, 0.5) is 0 Å². The average molecular weight is 284 g/mol. The highest BCUT2D eigenvalue weighted by atomic mass is 35.5. The Kier molecular flexibility index (Phi) is 6.32. The van der Waals surface area contributed by atoms with Gasteiger partial charge in [-0.2, -0.15) is 0 Å². The second kappa shape index (κ2) is 7.51. The number of nitrogens with zero attached hydrogens (tertiary/aromatic N) is 1. The van der Waals surface area contributed by atoms with E-state index in [9.17, 15) is 4.79 Å². The van der Waals surface area contributed by atoms with Crippen LogP contribution in [0.25, 0.3) is 0 Å². The molecule has 4 heteroatoms. The van der Waals surface area contributed by atoms with Crippen molar-refractivity contribution in [1.29, 1.82) is 0 Å². The predicted octanol–water partition coefficient (Wildman–Crippen LogP) is 2.93. The van der Waals surface area contributed by atoms with E-state index < -0.39 is 5.41 Å². The van der Waals surface area contributed by atoms with Gasteiger partial charge in [-0.1, -0.05) is 30.3 Å². The zero-order valence-corrected chi connectivity index (χ0v) is 12.6. The average Bonchev–Trinajstić information content (AvgIpc) is 2.43. The summed E-state index contributed by atoms with van der Waals surface area (Å²) in [5.41, 5.74) is 0.557. The fourth-order valence-corrected chi connectivity index (χ4v) is 1.86. The first-order valence-corrected chi connectivity index (χ1v) is 6.93. The number of halogens is 1. The molecule has 1 aromatic carbocycles. The molecular formula is C15H22ClNO2. The van der Waals surface area contributed by atoms with E-state index in [2.05, 4.69) is 0 Å². The van der Waals surface area contributed by atoms with E-state index in [1.165, 1.54) is 0 Å². The van der Waals surface area contributed by atoms with Crippen LogP contribution in [0, 0.1) is 5.41 Å². The molecule has 1 amide bonds. The molecule has 0 aliphatic heterocycles. The molecule has 1 rings (SSSR count). The van der Waals surface area contributed by atoms with Crippen molar-refractivity contribution in [3.8, 4) is 0 Å². The van der Waals surface area contributed by atoms with Crippen molar-refractivity contribution in [1.82, 2.24) is 4.90 Å². The van der Waals surface area contributed by atoms with Gasteiger partial charge in [-0.25, -0.2) is 0 Å². The fourth-order valence-electron chi connectivity index (χ4n) is 1.74. The zero-order valence-electron chi connectivity index (χ0n) is 11.9. The normalized spacial score (nSPS) is 11.4. The molecule has 106 valence electrons. The Morgan fingerprint density at radius 3 is 2.47 bits per heavy atom. The Balaban J connectivity index is 2.80. The SMILES string of the molecule is COCCN(Cc1ccccc1)C(=O)C(C)(C)CCl. The molecular weight excluding hydrogens is 262 g/mol. The maximum atomic E-state index is 12.5. The minimum Gasteiger partial charge on any atom is -0.383 e. The molecule has 0 radical (unpaired) electrons. The number of ether oxygens (including phenoxy) is 1. The Labute approximate surface area is 120 Å². The number of methoxy groups -OCH3 is 1. The smallest absolute Gasteiger partial charge is 0.229 e. The van der Waals surface area contributed by atoms with Crippen molar-refractivity contribution >= 4 is 17.5 Å². The molecule has 0 saturated carbocycles. The topological polar surface area (TPSA) is 29.5 Å². The highest BCUT2D eigenvalue weighted by Gasteiger charge is 2.31. The molecule has 0 saturated heterocycles. The standard InChI is InChI=1S/C15H22ClNO2/c1-15(2,12-16)14(18)17(9-10-19-3)11-13-7-5-4-6-8-13/h4-8H,9-12H2,1-3H3. The summed E-state index contributed by atoms with van der Waals surface area (Å²) in [4.78, 5) is 14.3. The number of hydrogen-bond acceptors (Lipinski definition) is 2. The lowest BCUT2D eigenvalue weighted by atomic mass is 9.94. The van der Waals surface area contributed by atoms with Gasteiger partial charge < -0.3 is 9.64 Å². The molecule has 0 bridgehead atoms. The first-order valence-electron chi connectivity index (χ1n) is 6.39. The van der Waals surface area contributed by atoms with Crippen LogP contribution in [0.2, 0.25) is 0 Å². The van der Waals surface area contributed by atoms with Crippen LogP contribution in [0.1, 0.15) is 19.4 Å². The van der Waals surface area contributed by atoms with Crippen molar-refractivity contribution in [2.24, 2.45) is 5.41 Å². The van der Waals surface area contributed by atoms with Gasteiger partial charge in [0.2, 0.25) is 5.91 Å². The number of carbonyl (C=O) groups excluding carboxylic acids is 1. The largest absolute Gasteiger partial charge is 0.383 e. The Morgan fingerprint density at radius 2 is 1.95 bits per heavy atom. The minimum absolute atomic E-state index is 0.0587. The summed E-state index contributed by atoms with van der Waals surface area (Å²) >= 11 is 5.89. The molecule has 0 fully saturated rings. The third-order valence-corrected chi connectivity index (χ3v) is 3.65. The van der Waals surface area contributed by atoms with Gasteiger partial charge >= 0.3 is 0 Å². The number of amides is 1. The molecule has 0 atom stereocenters. The summed E-state index contributed by atoms with van der Waals surface area (Å²) in [5, 5.41) is 0. The first-order chi connectivity index (χ1) is 9.01. The molecule has 0 aliphatic carbocycles. The van der Waals surface area contributed by atoms with E-state index >= 15 is 0 Å². The highest BCUT2D eigenvalue weighted by Crippen LogP contribution is 2.22. The van der Waals surface area contributed by atoms with Crippen LogP contribution in [0.5, 0.6) is 0 Å². The number of rotatable bonds is 7. The quantitative estimate of drug-likeness (QED) is 0.720. The Bertz CT molecular complexity index is 392. The molecule has 19 heavy (non-hydrogen) atoms. The fraction of sp³-hybridized carbons (Fsp3) is 0.533. The number of carbonyl (C=O) groups is 1. The third kappa shape index (κ3) is 4.84. The van der Waals surface area contributed by atoms with Gasteiger partial charge in [0.05, 0.1) is 12.0 Å². The molecule has 0 aliphatic rings.